The molecule has 0 amide bonds. The minimum Gasteiger partial charge on any atom is -0.497 e. The summed E-state index contributed by atoms with van der Waals surface area (Å²) < 4.78 is 10.7. The Hall–Kier alpha value is -2.33. The van der Waals surface area contributed by atoms with E-state index in [4.69, 9.17) is 15.2 Å². The largest absolute Gasteiger partial charge is 0.497 e. The van der Waals surface area contributed by atoms with Crippen molar-refractivity contribution in [1.82, 2.24) is 0 Å². The highest BCUT2D eigenvalue weighted by Gasteiger charge is 2.03. The average molecular weight is 271 g/mol. The number of carbonyl (C=O) groups excluding carboxylic acids is 1. The Morgan fingerprint density at radius 3 is 2.15 bits per heavy atom. The fraction of sp³-hybridized carbons (Fsp3) is 0.188. The quantitative estimate of drug-likeness (QED) is 0.820. The predicted molar refractivity (Wildman–Crippen MR) is 77.2 cm³/mol. The number of methoxy groups -OCH3 is 1. The molecule has 0 fully saturated rings. The average Bonchev–Trinajstić information content (AvgIpc) is 2.53. The molecule has 20 heavy (non-hydrogen) atoms. The molecule has 2 aromatic rings. The summed E-state index contributed by atoms with van der Waals surface area (Å²) in [5, 5.41) is 0. The van der Waals surface area contributed by atoms with Gasteiger partial charge >= 0.3 is 0 Å². The molecule has 104 valence electrons. The van der Waals surface area contributed by atoms with Crippen molar-refractivity contribution in [2.24, 2.45) is 5.73 Å². The summed E-state index contributed by atoms with van der Waals surface area (Å²) in [7, 11) is 1.63. The molecule has 0 aliphatic heterocycles. The first-order chi connectivity index (χ1) is 9.72. The van der Waals surface area contributed by atoms with E-state index in [0.29, 0.717) is 12.2 Å². The molecule has 0 aliphatic rings. The van der Waals surface area contributed by atoms with Crippen molar-refractivity contribution >= 4 is 5.78 Å². The van der Waals surface area contributed by atoms with Crippen LogP contribution in [0.5, 0.6) is 11.5 Å². The van der Waals surface area contributed by atoms with E-state index in [0.717, 1.165) is 17.1 Å². The van der Waals surface area contributed by atoms with Gasteiger partial charge in [0.25, 0.3) is 0 Å². The van der Waals surface area contributed by atoms with Crippen LogP contribution >= 0.6 is 0 Å². The number of nitrogens with two attached hydrogens (primary N) is 1. The fourth-order valence-electron chi connectivity index (χ4n) is 1.74. The van der Waals surface area contributed by atoms with E-state index < -0.39 is 0 Å². The Kier molecular flexibility index (Phi) is 4.74. The molecular formula is C16H17NO3. The van der Waals surface area contributed by atoms with Crippen LogP contribution < -0.4 is 15.2 Å². The van der Waals surface area contributed by atoms with Gasteiger partial charge in [-0.15, -0.1) is 0 Å². The first kappa shape index (κ1) is 14.1. The molecule has 0 spiro atoms. The minimum absolute atomic E-state index is 0.0199. The van der Waals surface area contributed by atoms with Crippen molar-refractivity contribution < 1.29 is 14.3 Å². The first-order valence-electron chi connectivity index (χ1n) is 6.32. The lowest BCUT2D eigenvalue weighted by Gasteiger charge is -2.07. The van der Waals surface area contributed by atoms with Crippen LogP contribution in [0.2, 0.25) is 0 Å². The standard InChI is InChI=1S/C16H17NO3/c1-19-14-6-2-12(3-7-14)11-20-15-8-4-13(5-9-15)16(18)10-17/h2-9H,10-11,17H2,1H3. The topological polar surface area (TPSA) is 61.5 Å². The third-order valence-electron chi connectivity index (χ3n) is 2.93. The van der Waals surface area contributed by atoms with Crippen molar-refractivity contribution in [2.75, 3.05) is 13.7 Å². The Morgan fingerprint density at radius 2 is 1.60 bits per heavy atom. The summed E-state index contributed by atoms with van der Waals surface area (Å²) in [6.45, 7) is 0.486. The number of Topliss-reactive ketones (excluding diaryl/α,β-unsaturated/α-hetero) is 1. The van der Waals surface area contributed by atoms with Gasteiger partial charge < -0.3 is 15.2 Å². The van der Waals surface area contributed by atoms with E-state index in [1.807, 2.05) is 24.3 Å². The molecule has 0 atom stereocenters. The summed E-state index contributed by atoms with van der Waals surface area (Å²) in [5.74, 6) is 1.46. The van der Waals surface area contributed by atoms with Crippen molar-refractivity contribution in [3.63, 3.8) is 0 Å². The van der Waals surface area contributed by atoms with E-state index in [1.54, 1.807) is 31.4 Å². The SMILES string of the molecule is COc1ccc(COc2ccc(C(=O)CN)cc2)cc1. The molecule has 0 unspecified atom stereocenters. The maximum Gasteiger partial charge on any atom is 0.176 e. The molecule has 0 aromatic heterocycles. The lowest BCUT2D eigenvalue weighted by atomic mass is 10.1. The first-order valence-corrected chi connectivity index (χ1v) is 6.32. The van der Waals surface area contributed by atoms with Gasteiger partial charge in [-0.3, -0.25) is 4.79 Å². The fourth-order valence-corrected chi connectivity index (χ4v) is 1.74. The van der Waals surface area contributed by atoms with Gasteiger partial charge in [0.2, 0.25) is 0 Å². The third-order valence-corrected chi connectivity index (χ3v) is 2.93. The number of ether oxygens (including phenoxy) is 2. The van der Waals surface area contributed by atoms with Crippen LogP contribution in [0.1, 0.15) is 15.9 Å². The Balaban J connectivity index is 1.94. The summed E-state index contributed by atoms with van der Waals surface area (Å²) in [5.41, 5.74) is 6.96. The van der Waals surface area contributed by atoms with Gasteiger partial charge in [0.15, 0.2) is 5.78 Å². The summed E-state index contributed by atoms with van der Waals surface area (Å²) in [6.07, 6.45) is 0. The van der Waals surface area contributed by atoms with E-state index in [9.17, 15) is 4.79 Å². The highest BCUT2D eigenvalue weighted by atomic mass is 16.5. The van der Waals surface area contributed by atoms with E-state index in [-0.39, 0.29) is 12.3 Å². The van der Waals surface area contributed by atoms with Crippen molar-refractivity contribution in [3.8, 4) is 11.5 Å². The molecule has 2 rings (SSSR count). The lowest BCUT2D eigenvalue weighted by Crippen LogP contribution is -2.13. The molecule has 2 aromatic carbocycles. The third kappa shape index (κ3) is 3.59. The van der Waals surface area contributed by atoms with Gasteiger partial charge in [-0.1, -0.05) is 12.1 Å². The molecule has 0 saturated heterocycles. The molecule has 0 saturated carbocycles. The molecule has 4 heteroatoms. The maximum absolute atomic E-state index is 11.4. The van der Waals surface area contributed by atoms with Crippen LogP contribution in [-0.2, 0) is 6.61 Å². The van der Waals surface area contributed by atoms with Crippen LogP contribution in [-0.4, -0.2) is 19.4 Å². The predicted octanol–water partition coefficient (Wildman–Crippen LogP) is 2.42. The highest BCUT2D eigenvalue weighted by molar-refractivity contribution is 5.97. The zero-order valence-corrected chi connectivity index (χ0v) is 11.3. The molecule has 0 bridgehead atoms. The van der Waals surface area contributed by atoms with Gasteiger partial charge in [-0.2, -0.15) is 0 Å². The monoisotopic (exact) mass is 271 g/mol. The maximum atomic E-state index is 11.4. The molecule has 0 radical (unpaired) electrons. The second-order valence-corrected chi connectivity index (χ2v) is 4.29. The number of hydrogen-bond acceptors (Lipinski definition) is 4. The lowest BCUT2D eigenvalue weighted by molar-refractivity contribution is 0.100. The number of carbonyl (C=O) groups is 1. The van der Waals surface area contributed by atoms with Crippen LogP contribution in [0.15, 0.2) is 48.5 Å². The molecule has 2 N–H and O–H groups in total. The van der Waals surface area contributed by atoms with Crippen LogP contribution in [0.4, 0.5) is 0 Å². The van der Waals surface area contributed by atoms with Crippen LogP contribution in [0.25, 0.3) is 0 Å². The smallest absolute Gasteiger partial charge is 0.176 e. The summed E-state index contributed by atoms with van der Waals surface area (Å²) >= 11 is 0. The number of rotatable bonds is 6. The highest BCUT2D eigenvalue weighted by Crippen LogP contribution is 2.16. The molecule has 0 heterocycles. The van der Waals surface area contributed by atoms with Crippen LogP contribution in [0.3, 0.4) is 0 Å². The van der Waals surface area contributed by atoms with Crippen molar-refractivity contribution in [2.45, 2.75) is 6.61 Å². The van der Waals surface area contributed by atoms with Crippen LogP contribution in [0, 0.1) is 0 Å². The molecule has 4 nitrogen and oxygen atoms in total. The number of ketones is 1. The van der Waals surface area contributed by atoms with E-state index in [2.05, 4.69) is 0 Å². The Labute approximate surface area is 118 Å². The van der Waals surface area contributed by atoms with Gasteiger partial charge in [0.1, 0.15) is 18.1 Å². The number of benzene rings is 2. The van der Waals surface area contributed by atoms with Gasteiger partial charge in [0, 0.05) is 5.56 Å². The van der Waals surface area contributed by atoms with Gasteiger partial charge in [0.05, 0.1) is 13.7 Å². The van der Waals surface area contributed by atoms with Crippen molar-refractivity contribution in [1.29, 1.82) is 0 Å². The second-order valence-electron chi connectivity index (χ2n) is 4.29. The zero-order valence-electron chi connectivity index (χ0n) is 11.3. The Bertz CT molecular complexity index is 561. The second kappa shape index (κ2) is 6.73. The normalized spacial score (nSPS) is 10.1. The molecular weight excluding hydrogens is 254 g/mol. The Morgan fingerprint density at radius 1 is 1.00 bits per heavy atom. The summed E-state index contributed by atoms with van der Waals surface area (Å²) in [6, 6.07) is 14.7. The van der Waals surface area contributed by atoms with Gasteiger partial charge in [-0.25, -0.2) is 0 Å². The minimum atomic E-state index is -0.0771. The number of hydrogen-bond donors (Lipinski definition) is 1. The zero-order chi connectivity index (χ0) is 14.4. The van der Waals surface area contributed by atoms with Crippen molar-refractivity contribution in [3.05, 3.63) is 59.7 Å². The van der Waals surface area contributed by atoms with Gasteiger partial charge in [-0.05, 0) is 42.0 Å². The van der Waals surface area contributed by atoms with E-state index >= 15 is 0 Å². The van der Waals surface area contributed by atoms with E-state index in [1.165, 1.54) is 0 Å². The molecule has 0 aliphatic carbocycles. The summed E-state index contributed by atoms with van der Waals surface area (Å²) in [4.78, 5) is 11.4.